The van der Waals surface area contributed by atoms with E-state index in [0.717, 1.165) is 44.9 Å². The Morgan fingerprint density at radius 1 is 0.615 bits per heavy atom. The van der Waals surface area contributed by atoms with Crippen molar-refractivity contribution in [1.29, 1.82) is 0 Å². The van der Waals surface area contributed by atoms with Crippen LogP contribution in [0.15, 0.2) is 0 Å². The van der Waals surface area contributed by atoms with Gasteiger partial charge in [-0.1, -0.05) is 71.6 Å². The minimum atomic E-state index is -4.81. The largest absolute Gasteiger partial charge is 1.00 e. The minimum Gasteiger partial charge on any atom is -0.748 e. The molecule has 0 fully saturated rings. The van der Waals surface area contributed by atoms with Crippen molar-refractivity contribution in [2.45, 2.75) is 95.0 Å². The zero-order chi connectivity index (χ0) is 17.9. The number of unbranched alkanes of at least 4 members (excludes halogenated alkanes) is 7. The van der Waals surface area contributed by atoms with E-state index in [1.807, 2.05) is 13.8 Å². The molecule has 2 N–H and O–H groups in total. The van der Waals surface area contributed by atoms with E-state index >= 15 is 0 Å². The van der Waals surface area contributed by atoms with Gasteiger partial charge >= 0.3 is 59.1 Å². The van der Waals surface area contributed by atoms with Crippen LogP contribution in [-0.2, 0) is 20.2 Å². The van der Waals surface area contributed by atoms with Gasteiger partial charge in [0.15, 0.2) is 0 Å². The molecular formula is C15H32Na2O7S2. The van der Waals surface area contributed by atoms with Crippen LogP contribution in [-0.4, -0.2) is 41.9 Å². The fraction of sp³-hybridized carbons (Fsp3) is 1.00. The Morgan fingerprint density at radius 2 is 0.885 bits per heavy atom. The summed E-state index contributed by atoms with van der Waals surface area (Å²) in [4.78, 5) is 0. The van der Waals surface area contributed by atoms with Crippen molar-refractivity contribution in [3.05, 3.63) is 0 Å². The molecule has 0 radical (unpaired) electrons. The molecule has 0 saturated heterocycles. The SMILES string of the molecule is CCCCCCCC(C(CCCCCC)S(=O)(=O)[O-])S(=O)(=O)[O-].O.[Na+].[Na+]. The summed E-state index contributed by atoms with van der Waals surface area (Å²) in [5, 5.41) is -3.23. The van der Waals surface area contributed by atoms with Gasteiger partial charge in [-0.2, -0.15) is 0 Å². The summed E-state index contributed by atoms with van der Waals surface area (Å²) in [6.45, 7) is 4.03. The molecule has 26 heavy (non-hydrogen) atoms. The predicted molar refractivity (Wildman–Crippen MR) is 92.7 cm³/mol. The average Bonchev–Trinajstić information content (AvgIpc) is 2.41. The van der Waals surface area contributed by atoms with Gasteiger partial charge in [0, 0.05) is 0 Å². The van der Waals surface area contributed by atoms with Crippen molar-refractivity contribution in [2.24, 2.45) is 0 Å². The summed E-state index contributed by atoms with van der Waals surface area (Å²) in [6, 6.07) is 0. The molecule has 0 aliphatic heterocycles. The van der Waals surface area contributed by atoms with Gasteiger partial charge in [-0.25, -0.2) is 16.8 Å². The first-order valence-electron chi connectivity index (χ1n) is 8.54. The molecule has 148 valence electrons. The molecule has 0 aliphatic rings. The third-order valence-electron chi connectivity index (χ3n) is 4.09. The molecule has 0 heterocycles. The molecule has 0 aromatic carbocycles. The molecule has 7 nitrogen and oxygen atoms in total. The summed E-state index contributed by atoms with van der Waals surface area (Å²) in [5.41, 5.74) is 0. The molecular weight excluding hydrogens is 402 g/mol. The second-order valence-corrected chi connectivity index (χ2v) is 9.30. The summed E-state index contributed by atoms with van der Waals surface area (Å²) in [6.07, 6.45) is 7.04. The zero-order valence-electron chi connectivity index (χ0n) is 16.7. The van der Waals surface area contributed by atoms with Gasteiger partial charge in [-0.3, -0.25) is 0 Å². The van der Waals surface area contributed by atoms with E-state index in [-0.39, 0.29) is 77.4 Å². The van der Waals surface area contributed by atoms with Gasteiger partial charge in [0.1, 0.15) is 0 Å². The minimum absolute atomic E-state index is 0. The second-order valence-electron chi connectivity index (χ2n) is 6.11. The van der Waals surface area contributed by atoms with Gasteiger partial charge in [-0.15, -0.1) is 0 Å². The van der Waals surface area contributed by atoms with Crippen molar-refractivity contribution in [3.63, 3.8) is 0 Å². The maximum atomic E-state index is 11.5. The van der Waals surface area contributed by atoms with E-state index in [1.54, 1.807) is 0 Å². The fourth-order valence-electron chi connectivity index (χ4n) is 2.75. The van der Waals surface area contributed by atoms with Crippen molar-refractivity contribution in [3.8, 4) is 0 Å². The van der Waals surface area contributed by atoms with E-state index < -0.39 is 30.7 Å². The first kappa shape index (κ1) is 35.2. The van der Waals surface area contributed by atoms with Gasteiger partial charge in [-0.05, 0) is 12.8 Å². The van der Waals surface area contributed by atoms with Crippen LogP contribution in [0.1, 0.15) is 84.5 Å². The van der Waals surface area contributed by atoms with E-state index in [9.17, 15) is 25.9 Å². The van der Waals surface area contributed by atoms with E-state index in [4.69, 9.17) is 0 Å². The Hall–Kier alpha value is 1.78. The van der Waals surface area contributed by atoms with Gasteiger partial charge in [0.2, 0.25) is 0 Å². The predicted octanol–water partition coefficient (Wildman–Crippen LogP) is -3.67. The van der Waals surface area contributed by atoms with Crippen LogP contribution in [0.25, 0.3) is 0 Å². The van der Waals surface area contributed by atoms with Crippen LogP contribution in [0.2, 0.25) is 0 Å². The fourth-order valence-corrected chi connectivity index (χ4v) is 5.50. The van der Waals surface area contributed by atoms with Crippen LogP contribution in [0.4, 0.5) is 0 Å². The molecule has 2 unspecified atom stereocenters. The summed E-state index contributed by atoms with van der Waals surface area (Å²) in [7, 11) is -9.62. The molecule has 11 heteroatoms. The topological polar surface area (TPSA) is 146 Å². The Kier molecular flexibility index (Phi) is 25.5. The Labute approximate surface area is 203 Å². The maximum Gasteiger partial charge on any atom is 1.00 e. The molecule has 0 rings (SSSR count). The van der Waals surface area contributed by atoms with Crippen LogP contribution >= 0.6 is 0 Å². The number of hydrogen-bond donors (Lipinski definition) is 0. The molecule has 0 saturated carbocycles. The first-order chi connectivity index (χ1) is 10.6. The third kappa shape index (κ3) is 16.7. The van der Waals surface area contributed by atoms with Crippen molar-refractivity contribution in [2.75, 3.05) is 0 Å². The summed E-state index contributed by atoms with van der Waals surface area (Å²) < 4.78 is 68.8. The quantitative estimate of drug-likeness (QED) is 0.156. The normalized spacial score (nSPS) is 13.7. The van der Waals surface area contributed by atoms with E-state index in [2.05, 4.69) is 0 Å². The number of rotatable bonds is 14. The van der Waals surface area contributed by atoms with Crippen LogP contribution < -0.4 is 59.1 Å². The van der Waals surface area contributed by atoms with Gasteiger partial charge in [0.05, 0.1) is 30.7 Å². The van der Waals surface area contributed by atoms with Crippen molar-refractivity contribution in [1.82, 2.24) is 0 Å². The number of hydrogen-bond acceptors (Lipinski definition) is 6. The van der Waals surface area contributed by atoms with Crippen LogP contribution in [0.3, 0.4) is 0 Å². The van der Waals surface area contributed by atoms with Crippen LogP contribution in [0, 0.1) is 0 Å². The van der Waals surface area contributed by atoms with Gasteiger partial charge < -0.3 is 14.6 Å². The standard InChI is InChI=1S/C15H32O6S2.2Na.H2O/c1-3-5-7-9-11-13-15(23(19,20)21)14(22(16,17)18)12-10-8-6-4-2;;;/h14-15H,3-13H2,1-2H3,(H,16,17,18)(H,19,20,21);;;1H2/q;2*+1;/p-2. The monoisotopic (exact) mass is 434 g/mol. The zero-order valence-corrected chi connectivity index (χ0v) is 22.3. The maximum absolute atomic E-state index is 11.5. The summed E-state index contributed by atoms with van der Waals surface area (Å²) in [5.74, 6) is 0. The molecule has 0 aliphatic carbocycles. The first-order valence-corrected chi connectivity index (χ1v) is 11.5. The Bertz CT molecular complexity index is 510. The van der Waals surface area contributed by atoms with Crippen LogP contribution in [0.5, 0.6) is 0 Å². The molecule has 0 aromatic rings. The average molecular weight is 435 g/mol. The smallest absolute Gasteiger partial charge is 0.748 e. The van der Waals surface area contributed by atoms with Crippen molar-refractivity contribution < 1.29 is 90.5 Å². The Balaban J connectivity index is -0.000000807. The van der Waals surface area contributed by atoms with E-state index in [0.29, 0.717) is 12.8 Å². The molecule has 0 aromatic heterocycles. The van der Waals surface area contributed by atoms with Crippen molar-refractivity contribution >= 4 is 20.2 Å². The Morgan fingerprint density at radius 3 is 1.15 bits per heavy atom. The summed E-state index contributed by atoms with van der Waals surface area (Å²) >= 11 is 0. The molecule has 2 atom stereocenters. The van der Waals surface area contributed by atoms with E-state index in [1.165, 1.54) is 0 Å². The second kappa shape index (κ2) is 18.8. The van der Waals surface area contributed by atoms with Gasteiger partial charge in [0.25, 0.3) is 0 Å². The molecule has 0 bridgehead atoms. The molecule has 0 amide bonds. The third-order valence-corrected chi connectivity index (χ3v) is 6.87. The molecule has 0 spiro atoms.